The predicted molar refractivity (Wildman–Crippen MR) is 109 cm³/mol. The molecule has 0 aliphatic heterocycles. The minimum absolute atomic E-state index is 0.619. The molecule has 0 N–H and O–H groups in total. The van der Waals surface area contributed by atoms with E-state index >= 15 is 0 Å². The van der Waals surface area contributed by atoms with Crippen molar-refractivity contribution in [3.63, 3.8) is 0 Å². The molecule has 0 bridgehead atoms. The molecule has 0 atom stereocenters. The molecule has 10 heteroatoms. The van der Waals surface area contributed by atoms with E-state index in [1.165, 1.54) is 4.70 Å². The third kappa shape index (κ3) is 6.12. The van der Waals surface area contributed by atoms with Gasteiger partial charge in [0.25, 0.3) is 0 Å². The van der Waals surface area contributed by atoms with Crippen LogP contribution in [0.5, 0.6) is 0 Å². The quantitative estimate of drug-likeness (QED) is 0.262. The largest absolute Gasteiger partial charge is 0.501 e. The lowest BCUT2D eigenvalue weighted by Crippen LogP contribution is -2.44. The van der Waals surface area contributed by atoms with E-state index in [4.69, 9.17) is 13.3 Å². The van der Waals surface area contributed by atoms with E-state index in [9.17, 15) is 0 Å². The van der Waals surface area contributed by atoms with Crippen LogP contribution in [0, 0.1) is 0 Å². The summed E-state index contributed by atoms with van der Waals surface area (Å²) < 4.78 is 19.0. The summed E-state index contributed by atoms with van der Waals surface area (Å²) >= 11 is 1.73. The second kappa shape index (κ2) is 10.6. The third-order valence-electron chi connectivity index (χ3n) is 2.93. The summed E-state index contributed by atoms with van der Waals surface area (Å²) in [4.78, 5) is 4.61. The maximum atomic E-state index is 5.69. The lowest BCUT2D eigenvalue weighted by atomic mass is 10.3. The molecule has 1 aromatic carbocycles. The molecule has 0 spiro atoms. The van der Waals surface area contributed by atoms with E-state index in [0.717, 1.165) is 21.7 Å². The molecule has 2 rings (SSSR count). The number of para-hydroxylation sites is 1. The zero-order valence-electron chi connectivity index (χ0n) is 13.1. The smallest absolute Gasteiger partial charge is 0.377 e. The average Bonchev–Trinajstić information content (AvgIpc) is 2.99. The standard InChI is InChI=1S/C13H19NO3S5Si/c1-4-17-23(15-2,16-3)10-9-18-21-22-20-13-14-11-7-5-6-8-12(11)19-13/h5-8H,4,9-10H2,1-3H3. The maximum absolute atomic E-state index is 5.69. The molecule has 0 saturated heterocycles. The van der Waals surface area contributed by atoms with Crippen LogP contribution in [0.25, 0.3) is 10.2 Å². The van der Waals surface area contributed by atoms with E-state index in [1.807, 2.05) is 19.1 Å². The van der Waals surface area contributed by atoms with Crippen molar-refractivity contribution in [1.29, 1.82) is 0 Å². The SMILES string of the molecule is CCO[Si](CCSSSSc1nc2ccccc2s1)(OC)OC. The number of rotatable bonds is 11. The summed E-state index contributed by atoms with van der Waals surface area (Å²) in [5.41, 5.74) is 1.07. The number of aromatic nitrogens is 1. The van der Waals surface area contributed by atoms with Crippen LogP contribution in [-0.2, 0) is 13.3 Å². The van der Waals surface area contributed by atoms with E-state index in [1.54, 1.807) is 66.8 Å². The monoisotopic (exact) mass is 425 g/mol. The summed E-state index contributed by atoms with van der Waals surface area (Å²) in [7, 11) is 7.88. The van der Waals surface area contributed by atoms with Gasteiger partial charge in [-0.25, -0.2) is 4.98 Å². The van der Waals surface area contributed by atoms with Crippen LogP contribution in [0.4, 0.5) is 0 Å². The topological polar surface area (TPSA) is 40.6 Å². The molecule has 0 radical (unpaired) electrons. The van der Waals surface area contributed by atoms with Crippen LogP contribution < -0.4 is 0 Å². The van der Waals surface area contributed by atoms with E-state index in [-0.39, 0.29) is 0 Å². The fraction of sp³-hybridized carbons (Fsp3) is 0.462. The number of hydrogen-bond acceptors (Lipinski definition) is 9. The zero-order chi connectivity index (χ0) is 16.5. The van der Waals surface area contributed by atoms with Crippen molar-refractivity contribution in [3.8, 4) is 0 Å². The first-order valence-electron chi connectivity index (χ1n) is 6.95. The number of benzene rings is 1. The second-order valence-corrected chi connectivity index (χ2v) is 14.5. The summed E-state index contributed by atoms with van der Waals surface area (Å²) in [5, 5.41) is 0. The Morgan fingerprint density at radius 3 is 2.65 bits per heavy atom. The van der Waals surface area contributed by atoms with Crippen molar-refractivity contribution in [3.05, 3.63) is 24.3 Å². The van der Waals surface area contributed by atoms with Gasteiger partial charge in [-0.1, -0.05) is 22.9 Å². The van der Waals surface area contributed by atoms with Crippen LogP contribution in [-0.4, -0.2) is 40.4 Å². The average molecular weight is 426 g/mol. The number of hydrogen-bond donors (Lipinski definition) is 0. The minimum atomic E-state index is -2.45. The van der Waals surface area contributed by atoms with Crippen molar-refractivity contribution < 1.29 is 13.3 Å². The highest BCUT2D eigenvalue weighted by Gasteiger charge is 2.37. The summed E-state index contributed by atoms with van der Waals surface area (Å²) in [6, 6.07) is 9.05. The molecule has 0 aliphatic rings. The van der Waals surface area contributed by atoms with Crippen molar-refractivity contribution in [2.24, 2.45) is 0 Å². The molecule has 0 fully saturated rings. The molecule has 0 unspecified atom stereocenters. The Hall–Kier alpha value is 0.607. The first kappa shape index (κ1) is 19.9. The molecule has 0 saturated carbocycles. The molecule has 1 heterocycles. The van der Waals surface area contributed by atoms with Gasteiger partial charge in [-0.05, 0) is 49.5 Å². The second-order valence-electron chi connectivity index (χ2n) is 4.26. The van der Waals surface area contributed by atoms with Gasteiger partial charge in [0, 0.05) is 32.6 Å². The first-order valence-corrected chi connectivity index (χ1v) is 14.7. The molecule has 128 valence electrons. The summed E-state index contributed by atoms with van der Waals surface area (Å²) in [6.45, 7) is 2.58. The third-order valence-corrected chi connectivity index (χ3v) is 13.7. The molecule has 2 aromatic rings. The zero-order valence-corrected chi connectivity index (χ0v) is 18.2. The van der Waals surface area contributed by atoms with Gasteiger partial charge in [0.15, 0.2) is 4.34 Å². The highest BCUT2D eigenvalue weighted by Crippen LogP contribution is 2.48. The van der Waals surface area contributed by atoms with Crippen LogP contribution in [0.2, 0.25) is 6.04 Å². The van der Waals surface area contributed by atoms with Gasteiger partial charge in [-0.3, -0.25) is 0 Å². The van der Waals surface area contributed by atoms with Crippen LogP contribution in [0.1, 0.15) is 6.92 Å². The van der Waals surface area contributed by atoms with E-state index in [2.05, 4.69) is 17.1 Å². The van der Waals surface area contributed by atoms with E-state index in [0.29, 0.717) is 6.61 Å². The normalized spacial score (nSPS) is 12.1. The lowest BCUT2D eigenvalue weighted by Gasteiger charge is -2.25. The number of thiazole rings is 1. The van der Waals surface area contributed by atoms with Crippen molar-refractivity contribution >= 4 is 71.6 Å². The van der Waals surface area contributed by atoms with Gasteiger partial charge in [-0.15, -0.1) is 11.3 Å². The summed E-state index contributed by atoms with van der Waals surface area (Å²) in [6.07, 6.45) is 0. The number of fused-ring (bicyclic) bond motifs is 1. The fourth-order valence-corrected chi connectivity index (χ4v) is 12.1. The molecular formula is C13H19NO3S5Si. The summed E-state index contributed by atoms with van der Waals surface area (Å²) in [5.74, 6) is 0.936. The van der Waals surface area contributed by atoms with Gasteiger partial charge in [0.1, 0.15) is 0 Å². The van der Waals surface area contributed by atoms with Gasteiger partial charge in [0.05, 0.1) is 10.2 Å². The van der Waals surface area contributed by atoms with Crippen molar-refractivity contribution in [2.75, 3.05) is 26.6 Å². The van der Waals surface area contributed by atoms with Gasteiger partial charge >= 0.3 is 8.80 Å². The maximum Gasteiger partial charge on any atom is 0.501 e. The fourth-order valence-electron chi connectivity index (χ4n) is 1.85. The van der Waals surface area contributed by atoms with Crippen LogP contribution >= 0.6 is 52.6 Å². The Balaban J connectivity index is 1.67. The first-order chi connectivity index (χ1) is 11.2. The highest BCUT2D eigenvalue weighted by atomic mass is 33.7. The molecule has 0 amide bonds. The highest BCUT2D eigenvalue weighted by molar-refractivity contribution is 9.26. The Bertz CT molecular complexity index is 563. The number of nitrogens with zero attached hydrogens (tertiary/aromatic N) is 1. The molecule has 4 nitrogen and oxygen atoms in total. The van der Waals surface area contributed by atoms with E-state index < -0.39 is 8.80 Å². The Labute approximate surface area is 157 Å². The van der Waals surface area contributed by atoms with Crippen molar-refractivity contribution in [2.45, 2.75) is 17.3 Å². The van der Waals surface area contributed by atoms with Crippen molar-refractivity contribution in [1.82, 2.24) is 4.98 Å². The Morgan fingerprint density at radius 2 is 1.96 bits per heavy atom. The minimum Gasteiger partial charge on any atom is -0.377 e. The molecule has 23 heavy (non-hydrogen) atoms. The molecular weight excluding hydrogens is 407 g/mol. The molecule has 1 aromatic heterocycles. The van der Waals surface area contributed by atoms with Crippen LogP contribution in [0.3, 0.4) is 0 Å². The molecule has 0 aliphatic carbocycles. The Morgan fingerprint density at radius 1 is 1.17 bits per heavy atom. The van der Waals surface area contributed by atoms with Gasteiger partial charge in [0.2, 0.25) is 0 Å². The van der Waals surface area contributed by atoms with Gasteiger partial charge < -0.3 is 13.3 Å². The Kier molecular flexibility index (Phi) is 9.15. The van der Waals surface area contributed by atoms with Gasteiger partial charge in [-0.2, -0.15) is 0 Å². The lowest BCUT2D eigenvalue weighted by molar-refractivity contribution is 0.106. The van der Waals surface area contributed by atoms with Crippen LogP contribution in [0.15, 0.2) is 28.6 Å². The predicted octanol–water partition coefficient (Wildman–Crippen LogP) is 5.60.